The molecule has 0 bridgehead atoms. The third-order valence-electron chi connectivity index (χ3n) is 4.39. The number of rotatable bonds is 4. The molecule has 0 saturated carbocycles. The summed E-state index contributed by atoms with van der Waals surface area (Å²) in [5, 5.41) is -0.278. The molecular formula is C18H21N3O5S. The first kappa shape index (κ1) is 19.1. The van der Waals surface area contributed by atoms with Gasteiger partial charge in [0.1, 0.15) is 0 Å². The molecule has 1 aliphatic rings. The predicted octanol–water partition coefficient (Wildman–Crippen LogP) is 1.84. The second-order valence-corrected chi connectivity index (χ2v) is 8.18. The van der Waals surface area contributed by atoms with Gasteiger partial charge in [0.25, 0.3) is 15.9 Å². The quantitative estimate of drug-likeness (QED) is 0.773. The Hall–Kier alpha value is -2.65. The van der Waals surface area contributed by atoms with E-state index in [1.54, 1.807) is 31.2 Å². The first-order chi connectivity index (χ1) is 12.9. The SMILES string of the molecule is Cc1ccccc1C(=O)NNC(=O)c1ccc(S(=O)(=O)N2CCCCC2)o1. The molecule has 0 spiro atoms. The number of carbonyl (C=O) groups is 2. The van der Waals surface area contributed by atoms with Gasteiger partial charge < -0.3 is 4.42 Å². The second-order valence-electron chi connectivity index (χ2n) is 6.31. The standard InChI is InChI=1S/C18H21N3O5S/c1-13-7-3-4-8-14(13)17(22)19-20-18(23)15-9-10-16(26-15)27(24,25)21-11-5-2-6-12-21/h3-4,7-10H,2,5-6,11-12H2,1H3,(H,19,22)(H,20,23). The topological polar surface area (TPSA) is 109 Å². The van der Waals surface area contributed by atoms with Gasteiger partial charge in [0, 0.05) is 18.7 Å². The number of piperidine rings is 1. The summed E-state index contributed by atoms with van der Waals surface area (Å²) in [6, 6.07) is 9.45. The Bertz CT molecular complexity index is 945. The summed E-state index contributed by atoms with van der Waals surface area (Å²) in [4.78, 5) is 24.3. The number of hydrogen-bond acceptors (Lipinski definition) is 5. The van der Waals surface area contributed by atoms with Crippen molar-refractivity contribution in [1.82, 2.24) is 15.2 Å². The Morgan fingerprint density at radius 3 is 2.33 bits per heavy atom. The highest BCUT2D eigenvalue weighted by atomic mass is 32.2. The predicted molar refractivity (Wildman–Crippen MR) is 97.4 cm³/mol. The van der Waals surface area contributed by atoms with E-state index in [-0.39, 0.29) is 10.9 Å². The Morgan fingerprint density at radius 2 is 1.63 bits per heavy atom. The third kappa shape index (κ3) is 4.20. The molecule has 1 aliphatic heterocycles. The number of nitrogens with one attached hydrogen (secondary N) is 2. The van der Waals surface area contributed by atoms with E-state index >= 15 is 0 Å². The molecule has 144 valence electrons. The van der Waals surface area contributed by atoms with E-state index in [1.807, 2.05) is 0 Å². The number of nitrogens with zero attached hydrogens (tertiary/aromatic N) is 1. The Morgan fingerprint density at radius 1 is 0.963 bits per heavy atom. The van der Waals surface area contributed by atoms with Crippen molar-refractivity contribution in [3.63, 3.8) is 0 Å². The van der Waals surface area contributed by atoms with Crippen molar-refractivity contribution in [3.8, 4) is 0 Å². The lowest BCUT2D eigenvalue weighted by Gasteiger charge is -2.24. The van der Waals surface area contributed by atoms with Crippen molar-refractivity contribution in [2.24, 2.45) is 0 Å². The minimum atomic E-state index is -3.76. The molecule has 3 rings (SSSR count). The minimum Gasteiger partial charge on any atom is -0.438 e. The van der Waals surface area contributed by atoms with Gasteiger partial charge >= 0.3 is 5.91 Å². The van der Waals surface area contributed by atoms with Crippen molar-refractivity contribution in [2.75, 3.05) is 13.1 Å². The number of aryl methyl sites for hydroxylation is 1. The first-order valence-corrected chi connectivity index (χ1v) is 10.1. The highest BCUT2D eigenvalue weighted by Gasteiger charge is 2.29. The summed E-state index contributed by atoms with van der Waals surface area (Å²) in [5.41, 5.74) is 5.70. The van der Waals surface area contributed by atoms with Crippen LogP contribution in [0, 0.1) is 6.92 Å². The summed E-state index contributed by atoms with van der Waals surface area (Å²) in [6.45, 7) is 2.66. The number of hydrogen-bond donors (Lipinski definition) is 2. The fourth-order valence-corrected chi connectivity index (χ4v) is 4.31. The van der Waals surface area contributed by atoms with Gasteiger partial charge in [0.2, 0.25) is 5.09 Å². The highest BCUT2D eigenvalue weighted by Crippen LogP contribution is 2.22. The third-order valence-corrected chi connectivity index (χ3v) is 6.17. The van der Waals surface area contributed by atoms with Crippen LogP contribution in [0.25, 0.3) is 0 Å². The van der Waals surface area contributed by atoms with Crippen LogP contribution in [0.3, 0.4) is 0 Å². The van der Waals surface area contributed by atoms with Crippen LogP contribution >= 0.6 is 0 Å². The van der Waals surface area contributed by atoms with Crippen LogP contribution in [0.1, 0.15) is 45.7 Å². The van der Waals surface area contributed by atoms with Gasteiger partial charge in [-0.1, -0.05) is 24.6 Å². The maximum Gasteiger partial charge on any atom is 0.305 e. The molecule has 2 amide bonds. The van der Waals surface area contributed by atoms with Gasteiger partial charge in [0.05, 0.1) is 0 Å². The van der Waals surface area contributed by atoms with Crippen LogP contribution in [0.5, 0.6) is 0 Å². The molecule has 2 N–H and O–H groups in total. The number of hydrazine groups is 1. The molecule has 9 heteroatoms. The smallest absolute Gasteiger partial charge is 0.305 e. The lowest BCUT2D eigenvalue weighted by atomic mass is 10.1. The van der Waals surface area contributed by atoms with Crippen molar-refractivity contribution in [2.45, 2.75) is 31.3 Å². The van der Waals surface area contributed by atoms with Gasteiger partial charge in [0.15, 0.2) is 5.76 Å². The molecule has 1 saturated heterocycles. The number of benzene rings is 1. The molecule has 2 heterocycles. The van der Waals surface area contributed by atoms with Crippen molar-refractivity contribution in [3.05, 3.63) is 53.3 Å². The largest absolute Gasteiger partial charge is 0.438 e. The fraction of sp³-hybridized carbons (Fsp3) is 0.333. The van der Waals surface area contributed by atoms with E-state index in [0.29, 0.717) is 18.7 Å². The average molecular weight is 391 g/mol. The van der Waals surface area contributed by atoms with Crippen molar-refractivity contribution in [1.29, 1.82) is 0 Å². The lowest BCUT2D eigenvalue weighted by Crippen LogP contribution is -2.41. The molecule has 0 radical (unpaired) electrons. The normalized spacial score (nSPS) is 15.3. The van der Waals surface area contributed by atoms with Gasteiger partial charge in [-0.2, -0.15) is 4.31 Å². The maximum atomic E-state index is 12.5. The molecule has 0 atom stereocenters. The zero-order valence-electron chi connectivity index (χ0n) is 14.9. The fourth-order valence-electron chi connectivity index (χ4n) is 2.88. The number of carbonyl (C=O) groups excluding carboxylic acids is 2. The highest BCUT2D eigenvalue weighted by molar-refractivity contribution is 7.89. The Labute approximate surface area is 157 Å². The zero-order chi connectivity index (χ0) is 19.4. The van der Waals surface area contributed by atoms with E-state index in [1.165, 1.54) is 16.4 Å². The van der Waals surface area contributed by atoms with Crippen LogP contribution in [0.15, 0.2) is 45.9 Å². The molecule has 27 heavy (non-hydrogen) atoms. The number of sulfonamides is 1. The van der Waals surface area contributed by atoms with Crippen molar-refractivity contribution >= 4 is 21.8 Å². The van der Waals surface area contributed by atoms with Crippen LogP contribution in [-0.4, -0.2) is 37.6 Å². The van der Waals surface area contributed by atoms with E-state index in [9.17, 15) is 18.0 Å². The summed E-state index contributed by atoms with van der Waals surface area (Å²) in [6.07, 6.45) is 2.61. The van der Waals surface area contributed by atoms with Gasteiger partial charge in [-0.15, -0.1) is 0 Å². The van der Waals surface area contributed by atoms with Crippen LogP contribution in [0.4, 0.5) is 0 Å². The summed E-state index contributed by atoms with van der Waals surface area (Å²) >= 11 is 0. The zero-order valence-corrected chi connectivity index (χ0v) is 15.7. The maximum absolute atomic E-state index is 12.5. The Balaban J connectivity index is 1.65. The summed E-state index contributed by atoms with van der Waals surface area (Å²) < 4.78 is 31.7. The van der Waals surface area contributed by atoms with Gasteiger partial charge in [-0.05, 0) is 43.5 Å². The first-order valence-electron chi connectivity index (χ1n) is 8.66. The van der Waals surface area contributed by atoms with Crippen molar-refractivity contribution < 1.29 is 22.4 Å². The molecule has 8 nitrogen and oxygen atoms in total. The number of furan rings is 1. The van der Waals surface area contributed by atoms with Crippen LogP contribution in [-0.2, 0) is 10.0 Å². The summed E-state index contributed by atoms with van der Waals surface area (Å²) in [7, 11) is -3.76. The van der Waals surface area contributed by atoms with Crippen LogP contribution in [0.2, 0.25) is 0 Å². The van der Waals surface area contributed by atoms with Crippen LogP contribution < -0.4 is 10.9 Å². The lowest BCUT2D eigenvalue weighted by molar-refractivity contribution is 0.0827. The molecule has 1 aromatic heterocycles. The molecule has 1 fully saturated rings. The van der Waals surface area contributed by atoms with E-state index in [4.69, 9.17) is 4.42 Å². The van der Waals surface area contributed by atoms with E-state index < -0.39 is 21.8 Å². The average Bonchev–Trinajstić information content (AvgIpc) is 3.18. The number of amides is 2. The molecule has 0 unspecified atom stereocenters. The second kappa shape index (κ2) is 7.93. The molecule has 2 aromatic rings. The van der Waals surface area contributed by atoms with Gasteiger partial charge in [-0.25, -0.2) is 8.42 Å². The van der Waals surface area contributed by atoms with Gasteiger partial charge in [-0.3, -0.25) is 20.4 Å². The Kier molecular flexibility index (Phi) is 5.62. The molecule has 0 aliphatic carbocycles. The molecular weight excluding hydrogens is 370 g/mol. The van der Waals surface area contributed by atoms with E-state index in [0.717, 1.165) is 24.8 Å². The monoisotopic (exact) mass is 391 g/mol. The molecule has 1 aromatic carbocycles. The van der Waals surface area contributed by atoms with E-state index in [2.05, 4.69) is 10.9 Å². The minimum absolute atomic E-state index is 0.198. The summed E-state index contributed by atoms with van der Waals surface area (Å²) in [5.74, 6) is -1.41.